The second kappa shape index (κ2) is 5.36. The van der Waals surface area contributed by atoms with Crippen LogP contribution in [0.25, 0.3) is 0 Å². The summed E-state index contributed by atoms with van der Waals surface area (Å²) in [4.78, 5) is 0. The van der Waals surface area contributed by atoms with Crippen molar-refractivity contribution in [3.8, 4) is 0 Å². The highest BCUT2D eigenvalue weighted by atomic mass is 32.2. The van der Waals surface area contributed by atoms with Crippen LogP contribution in [0.2, 0.25) is 0 Å². The summed E-state index contributed by atoms with van der Waals surface area (Å²) >= 11 is 0. The van der Waals surface area contributed by atoms with Crippen LogP contribution in [0.3, 0.4) is 0 Å². The van der Waals surface area contributed by atoms with Crippen molar-refractivity contribution in [3.63, 3.8) is 0 Å². The lowest BCUT2D eigenvalue weighted by Crippen LogP contribution is -2.08. The second-order valence-corrected chi connectivity index (χ2v) is 3.02. The molecule has 0 unspecified atom stereocenters. The third-order valence-electron chi connectivity index (χ3n) is 0. The molecule has 72 valence electrons. The molecule has 0 aliphatic carbocycles. The molecular weight excluding hydrogens is 202 g/mol. The summed E-state index contributed by atoms with van der Waals surface area (Å²) in [6, 6.07) is 0. The van der Waals surface area contributed by atoms with Gasteiger partial charge in [-0.15, -0.1) is 0 Å². The Hall–Kier alpha value is -0.300. The fourth-order valence-electron chi connectivity index (χ4n) is 0. The minimum atomic E-state index is -4.42. The van der Waals surface area contributed by atoms with Crippen molar-refractivity contribution in [1.82, 2.24) is 6.15 Å². The third kappa shape index (κ3) is 6390. The second-order valence-electron chi connectivity index (χ2n) is 1.01. The molecule has 0 saturated heterocycles. The minimum absolute atomic E-state index is 0. The van der Waals surface area contributed by atoms with Crippen LogP contribution in [0.15, 0.2) is 0 Å². The van der Waals surface area contributed by atoms with Crippen molar-refractivity contribution in [2.24, 2.45) is 10.3 Å². The first-order chi connectivity index (χ1) is 4.00. The zero-order chi connectivity index (χ0) is 9.00. The Balaban J connectivity index is -0.0000000457. The van der Waals surface area contributed by atoms with Gasteiger partial charge in [-0.1, -0.05) is 0 Å². The van der Waals surface area contributed by atoms with Gasteiger partial charge in [-0.3, -0.25) is 4.55 Å². The van der Waals surface area contributed by atoms with Gasteiger partial charge in [-0.2, -0.15) is 8.42 Å². The van der Waals surface area contributed by atoms with Gasteiger partial charge in [0, 0.05) is 0 Å². The van der Waals surface area contributed by atoms with E-state index >= 15 is 0 Å². The molecular formula is H9N3O6S2. The van der Waals surface area contributed by atoms with Crippen LogP contribution in [0.5, 0.6) is 0 Å². The monoisotopic (exact) mass is 211 g/mol. The summed E-state index contributed by atoms with van der Waals surface area (Å²) in [6.07, 6.45) is 0. The van der Waals surface area contributed by atoms with E-state index in [4.69, 9.17) is 25.9 Å². The highest BCUT2D eigenvalue weighted by Gasteiger charge is 1.81. The number of nitrogens with two attached hydrogens (primary N) is 2. The average molecular weight is 211 g/mol. The molecule has 0 aromatic heterocycles. The van der Waals surface area contributed by atoms with Crippen molar-refractivity contribution >= 4 is 20.6 Å². The Kier molecular flexibility index (Phi) is 8.28. The van der Waals surface area contributed by atoms with Crippen LogP contribution in [-0.4, -0.2) is 25.9 Å². The number of rotatable bonds is 0. The molecule has 0 aromatic carbocycles. The van der Waals surface area contributed by atoms with E-state index in [-0.39, 0.29) is 7.58 Å². The predicted molar refractivity (Wildman–Crippen MR) is 35.8 cm³/mol. The zero-order valence-electron chi connectivity index (χ0n) is 6.17. The van der Waals surface area contributed by atoms with E-state index in [1.165, 1.54) is 0 Å². The van der Waals surface area contributed by atoms with Crippen LogP contribution in [0.1, 0.15) is 1.43 Å². The standard InChI is InChI=1S/2H3NO3S.H3N/c2*1-5(2,3)4;/h2*(H3,1,2,3,4);1H3. The van der Waals surface area contributed by atoms with Crippen LogP contribution in [0.4, 0.5) is 0 Å². The number of hydrogen-bond donors (Lipinski definition) is 4. The van der Waals surface area contributed by atoms with Crippen molar-refractivity contribution in [1.29, 1.82) is 0 Å². The highest BCUT2D eigenvalue weighted by Crippen LogP contribution is 1.50. The van der Waals surface area contributed by atoms with Gasteiger partial charge in [0.15, 0.2) is 10.3 Å². The van der Waals surface area contributed by atoms with Crippen molar-refractivity contribution in [2.45, 2.75) is 0 Å². The summed E-state index contributed by atoms with van der Waals surface area (Å²) in [5.74, 6) is 0. The third-order valence-corrected chi connectivity index (χ3v) is 0. The molecule has 0 atom stereocenters. The summed E-state index contributed by atoms with van der Waals surface area (Å²) in [7, 11) is -8.58. The summed E-state index contributed by atoms with van der Waals surface area (Å²) < 4.78 is 51.8. The lowest BCUT2D eigenvalue weighted by molar-refractivity contribution is 0.464. The van der Waals surface area contributed by atoms with Crippen molar-refractivity contribution < 1.29 is 27.4 Å². The minimum Gasteiger partial charge on any atom is -0.736 e. The van der Waals surface area contributed by atoms with Gasteiger partial charge in [0.1, 0.15) is 0 Å². The molecule has 0 aliphatic heterocycles. The van der Waals surface area contributed by atoms with Gasteiger partial charge in [-0.25, -0.2) is 18.7 Å². The van der Waals surface area contributed by atoms with Crippen LogP contribution in [0, 0.1) is 0 Å². The lowest BCUT2D eigenvalue weighted by atomic mass is 13.9. The Morgan fingerprint density at radius 3 is 1.18 bits per heavy atom. The first-order valence-electron chi connectivity index (χ1n) is 1.49. The molecule has 0 aromatic rings. The van der Waals surface area contributed by atoms with Gasteiger partial charge < -0.3 is 10.7 Å². The van der Waals surface area contributed by atoms with Gasteiger partial charge in [-0.05, 0) is 0 Å². The maximum Gasteiger partial charge on any atom is 1.00 e. The first-order valence-corrected chi connectivity index (χ1v) is 4.46. The normalized spacial score (nSPS) is 10.5. The molecule has 0 radical (unpaired) electrons. The fourth-order valence-corrected chi connectivity index (χ4v) is 0. The topological polar surface area (TPSA) is 199 Å². The van der Waals surface area contributed by atoms with Crippen LogP contribution < -0.4 is 16.4 Å². The maximum absolute atomic E-state index is 8.97. The molecule has 0 bridgehead atoms. The lowest BCUT2D eigenvalue weighted by Gasteiger charge is -1.90. The van der Waals surface area contributed by atoms with Gasteiger partial charge in [0.05, 0.1) is 0 Å². The molecule has 11 heteroatoms. The summed E-state index contributed by atoms with van der Waals surface area (Å²) in [6.45, 7) is 0. The van der Waals surface area contributed by atoms with Crippen molar-refractivity contribution in [3.05, 3.63) is 0 Å². The Morgan fingerprint density at radius 2 is 1.18 bits per heavy atom. The molecule has 0 aliphatic rings. The van der Waals surface area contributed by atoms with E-state index in [1.54, 1.807) is 0 Å². The van der Waals surface area contributed by atoms with E-state index in [0.29, 0.717) is 0 Å². The van der Waals surface area contributed by atoms with E-state index in [9.17, 15) is 0 Å². The molecule has 0 fully saturated rings. The smallest absolute Gasteiger partial charge is 0.736 e. The largest absolute Gasteiger partial charge is 1.00 e. The van der Waals surface area contributed by atoms with E-state index in [2.05, 4.69) is 10.3 Å². The molecule has 0 rings (SSSR count). The van der Waals surface area contributed by atoms with Gasteiger partial charge in [0.2, 0.25) is 0 Å². The van der Waals surface area contributed by atoms with E-state index < -0.39 is 20.6 Å². The molecule has 8 N–H and O–H groups in total. The van der Waals surface area contributed by atoms with E-state index in [1.807, 2.05) is 0 Å². The first kappa shape index (κ1) is 17.0. The SMILES string of the molecule is N.NS(=O)(=O)O.NS(=O)(=O)[O-].[H+]. The van der Waals surface area contributed by atoms with Gasteiger partial charge >= 0.3 is 11.7 Å². The Bertz CT molecular complexity index is 217. The van der Waals surface area contributed by atoms with Gasteiger partial charge in [0.25, 0.3) is 0 Å². The molecule has 0 saturated carbocycles. The average Bonchev–Trinajstić information content (AvgIpc) is 1.12. The molecule has 9 nitrogen and oxygen atoms in total. The Morgan fingerprint density at radius 1 is 1.18 bits per heavy atom. The number of hydrogen-bond acceptors (Lipinski definition) is 6. The molecule has 11 heavy (non-hydrogen) atoms. The van der Waals surface area contributed by atoms with Crippen LogP contribution in [-0.2, 0) is 20.6 Å². The maximum atomic E-state index is 8.97. The predicted octanol–water partition coefficient (Wildman–Crippen LogP) is -2.57. The summed E-state index contributed by atoms with van der Waals surface area (Å²) in [5, 5.41) is 7.65. The summed E-state index contributed by atoms with van der Waals surface area (Å²) in [5.41, 5.74) is 0. The Labute approximate surface area is 65.2 Å². The zero-order valence-corrected chi connectivity index (χ0v) is 6.80. The van der Waals surface area contributed by atoms with E-state index in [0.717, 1.165) is 0 Å². The quantitative estimate of drug-likeness (QED) is 0.315. The molecule has 0 heterocycles. The molecule has 0 spiro atoms. The van der Waals surface area contributed by atoms with Crippen LogP contribution >= 0.6 is 0 Å². The van der Waals surface area contributed by atoms with Crippen molar-refractivity contribution in [2.75, 3.05) is 0 Å². The highest BCUT2D eigenvalue weighted by molar-refractivity contribution is 7.83. The molecule has 0 amide bonds. The fraction of sp³-hybridized carbons (Fsp3) is 0.